The molecule has 0 radical (unpaired) electrons. The van der Waals surface area contributed by atoms with Crippen molar-refractivity contribution >= 4 is 0 Å². The van der Waals surface area contributed by atoms with E-state index in [4.69, 9.17) is 0 Å². The van der Waals surface area contributed by atoms with Crippen molar-refractivity contribution in [1.82, 2.24) is 0 Å². The summed E-state index contributed by atoms with van der Waals surface area (Å²) in [6.45, 7) is 1.51. The standard InChI is InChI=1S/C26H38F2/c1-18-25(27)16-22(17-26(18)28)6-5-19-7-11-23(12-8-19)24-13-9-21(10-14-24)15-20-3-2-4-20/h16-17,19-21,23-24H,2-15H2,1H3. The van der Waals surface area contributed by atoms with Gasteiger partial charge in [-0.1, -0.05) is 44.9 Å². The Morgan fingerprint density at radius 1 is 0.714 bits per heavy atom. The summed E-state index contributed by atoms with van der Waals surface area (Å²) in [4.78, 5) is 0. The molecule has 0 nitrogen and oxygen atoms in total. The van der Waals surface area contributed by atoms with Crippen LogP contribution >= 0.6 is 0 Å². The molecule has 0 aromatic heterocycles. The van der Waals surface area contributed by atoms with Crippen LogP contribution in [0, 0.1) is 48.1 Å². The van der Waals surface area contributed by atoms with Gasteiger partial charge < -0.3 is 0 Å². The quantitative estimate of drug-likeness (QED) is 0.463. The van der Waals surface area contributed by atoms with Gasteiger partial charge in [0.2, 0.25) is 0 Å². The molecule has 0 saturated heterocycles. The second kappa shape index (κ2) is 9.26. The Morgan fingerprint density at radius 3 is 1.71 bits per heavy atom. The van der Waals surface area contributed by atoms with E-state index in [2.05, 4.69) is 0 Å². The van der Waals surface area contributed by atoms with Crippen LogP contribution in [-0.4, -0.2) is 0 Å². The number of hydrogen-bond donors (Lipinski definition) is 0. The molecule has 3 fully saturated rings. The molecule has 3 aliphatic rings. The Hall–Kier alpha value is -0.920. The molecule has 3 aliphatic carbocycles. The van der Waals surface area contributed by atoms with Crippen molar-refractivity contribution in [3.63, 3.8) is 0 Å². The van der Waals surface area contributed by atoms with Gasteiger partial charge in [0.05, 0.1) is 0 Å². The maximum Gasteiger partial charge on any atom is 0.129 e. The van der Waals surface area contributed by atoms with Crippen LogP contribution in [0.2, 0.25) is 0 Å². The Morgan fingerprint density at radius 2 is 1.21 bits per heavy atom. The SMILES string of the molecule is Cc1c(F)cc(CCC2CCC(C3CCC(CC4CCC4)CC3)CC2)cc1F. The molecule has 0 unspecified atom stereocenters. The molecule has 0 spiro atoms. The third-order valence-electron chi connectivity index (χ3n) is 8.52. The van der Waals surface area contributed by atoms with Gasteiger partial charge in [0, 0.05) is 5.56 Å². The normalized spacial score (nSPS) is 31.5. The van der Waals surface area contributed by atoms with Gasteiger partial charge in [0.15, 0.2) is 0 Å². The third kappa shape index (κ3) is 4.97. The first-order chi connectivity index (χ1) is 13.6. The summed E-state index contributed by atoms with van der Waals surface area (Å²) in [6, 6.07) is 3.07. The number of aryl methyl sites for hydroxylation is 1. The summed E-state index contributed by atoms with van der Waals surface area (Å²) in [5.41, 5.74) is 0.971. The van der Waals surface area contributed by atoms with Crippen LogP contribution < -0.4 is 0 Å². The van der Waals surface area contributed by atoms with E-state index in [9.17, 15) is 8.78 Å². The van der Waals surface area contributed by atoms with Gasteiger partial charge in [-0.25, -0.2) is 8.78 Å². The maximum absolute atomic E-state index is 13.7. The molecule has 0 aliphatic heterocycles. The highest BCUT2D eigenvalue weighted by Gasteiger charge is 2.32. The fraction of sp³-hybridized carbons (Fsp3) is 0.769. The Kier molecular flexibility index (Phi) is 6.74. The highest BCUT2D eigenvalue weighted by molar-refractivity contribution is 5.25. The summed E-state index contributed by atoms with van der Waals surface area (Å²) in [5, 5.41) is 0. The number of rotatable bonds is 6. The molecule has 4 rings (SSSR count). The predicted molar refractivity (Wildman–Crippen MR) is 112 cm³/mol. The van der Waals surface area contributed by atoms with Crippen LogP contribution in [0.5, 0.6) is 0 Å². The lowest BCUT2D eigenvalue weighted by Crippen LogP contribution is -2.27. The molecule has 0 heterocycles. The minimum atomic E-state index is -0.397. The van der Waals surface area contributed by atoms with Gasteiger partial charge in [-0.15, -0.1) is 0 Å². The van der Waals surface area contributed by atoms with E-state index in [0.29, 0.717) is 0 Å². The third-order valence-corrected chi connectivity index (χ3v) is 8.52. The molecule has 0 atom stereocenters. The van der Waals surface area contributed by atoms with Crippen LogP contribution in [0.25, 0.3) is 0 Å². The molecule has 0 bridgehead atoms. The first-order valence-electron chi connectivity index (χ1n) is 12.0. The van der Waals surface area contributed by atoms with E-state index >= 15 is 0 Å². The smallest absolute Gasteiger partial charge is 0.129 e. The second-order valence-electron chi connectivity index (χ2n) is 10.3. The van der Waals surface area contributed by atoms with E-state index < -0.39 is 11.6 Å². The fourth-order valence-corrected chi connectivity index (χ4v) is 6.26. The van der Waals surface area contributed by atoms with E-state index in [-0.39, 0.29) is 5.56 Å². The lowest BCUT2D eigenvalue weighted by Gasteiger charge is -2.39. The Labute approximate surface area is 170 Å². The first-order valence-corrected chi connectivity index (χ1v) is 12.0. The minimum Gasteiger partial charge on any atom is -0.207 e. The monoisotopic (exact) mass is 388 g/mol. The zero-order chi connectivity index (χ0) is 19.5. The highest BCUT2D eigenvalue weighted by Crippen LogP contribution is 2.44. The van der Waals surface area contributed by atoms with Crippen molar-refractivity contribution in [2.75, 3.05) is 0 Å². The van der Waals surface area contributed by atoms with E-state index in [0.717, 1.165) is 48.0 Å². The minimum absolute atomic E-state index is 0.145. The second-order valence-corrected chi connectivity index (χ2v) is 10.3. The van der Waals surface area contributed by atoms with E-state index in [1.165, 1.54) is 96.1 Å². The van der Waals surface area contributed by atoms with E-state index in [1.54, 1.807) is 0 Å². The van der Waals surface area contributed by atoms with Crippen molar-refractivity contribution in [2.45, 2.75) is 96.8 Å². The predicted octanol–water partition coefficient (Wildman–Crippen LogP) is 8.01. The largest absolute Gasteiger partial charge is 0.207 e. The molecule has 2 heteroatoms. The van der Waals surface area contributed by atoms with Crippen LogP contribution in [-0.2, 0) is 6.42 Å². The van der Waals surface area contributed by atoms with Crippen molar-refractivity contribution in [1.29, 1.82) is 0 Å². The number of hydrogen-bond acceptors (Lipinski definition) is 0. The zero-order valence-corrected chi connectivity index (χ0v) is 17.7. The zero-order valence-electron chi connectivity index (χ0n) is 17.7. The van der Waals surface area contributed by atoms with Crippen LogP contribution in [0.4, 0.5) is 8.78 Å². The van der Waals surface area contributed by atoms with Crippen molar-refractivity contribution in [3.05, 3.63) is 34.9 Å². The molecule has 1 aromatic carbocycles. The lowest BCUT2D eigenvalue weighted by molar-refractivity contribution is 0.126. The summed E-state index contributed by atoms with van der Waals surface area (Å²) in [5.74, 6) is 4.01. The van der Waals surface area contributed by atoms with Gasteiger partial charge in [-0.2, -0.15) is 0 Å². The van der Waals surface area contributed by atoms with Gasteiger partial charge >= 0.3 is 0 Å². The maximum atomic E-state index is 13.7. The van der Waals surface area contributed by atoms with Gasteiger partial charge in [-0.3, -0.25) is 0 Å². The molecular weight excluding hydrogens is 350 g/mol. The fourth-order valence-electron chi connectivity index (χ4n) is 6.26. The molecule has 156 valence electrons. The number of benzene rings is 1. The average molecular weight is 389 g/mol. The Bertz CT molecular complexity index is 609. The number of halogens is 2. The topological polar surface area (TPSA) is 0 Å². The molecule has 28 heavy (non-hydrogen) atoms. The molecular formula is C26H38F2. The van der Waals surface area contributed by atoms with Crippen molar-refractivity contribution in [3.8, 4) is 0 Å². The molecule has 0 amide bonds. The van der Waals surface area contributed by atoms with Crippen LogP contribution in [0.1, 0.15) is 94.6 Å². The van der Waals surface area contributed by atoms with Gasteiger partial charge in [0.1, 0.15) is 11.6 Å². The lowest BCUT2D eigenvalue weighted by atomic mass is 9.67. The van der Waals surface area contributed by atoms with Crippen molar-refractivity contribution < 1.29 is 8.78 Å². The summed E-state index contributed by atoms with van der Waals surface area (Å²) >= 11 is 0. The first kappa shape index (κ1) is 20.4. The Balaban J connectivity index is 1.17. The molecule has 1 aromatic rings. The summed E-state index contributed by atoms with van der Waals surface area (Å²) in [7, 11) is 0. The summed E-state index contributed by atoms with van der Waals surface area (Å²) in [6.07, 6.45) is 19.3. The van der Waals surface area contributed by atoms with Gasteiger partial charge in [-0.05, 0) is 99.2 Å². The van der Waals surface area contributed by atoms with E-state index in [1.807, 2.05) is 0 Å². The molecule has 3 saturated carbocycles. The molecule has 0 N–H and O–H groups in total. The average Bonchev–Trinajstić information content (AvgIpc) is 2.68. The van der Waals surface area contributed by atoms with Crippen LogP contribution in [0.3, 0.4) is 0 Å². The highest BCUT2D eigenvalue weighted by atomic mass is 19.1. The van der Waals surface area contributed by atoms with Crippen LogP contribution in [0.15, 0.2) is 12.1 Å². The van der Waals surface area contributed by atoms with Gasteiger partial charge in [0.25, 0.3) is 0 Å². The summed E-state index contributed by atoms with van der Waals surface area (Å²) < 4.78 is 27.5. The van der Waals surface area contributed by atoms with Crippen molar-refractivity contribution in [2.24, 2.45) is 29.6 Å².